The molecule has 0 spiro atoms. The zero-order valence-electron chi connectivity index (χ0n) is 12.9. The number of rotatable bonds is 3. The molecule has 1 fully saturated rings. The van der Waals surface area contributed by atoms with Gasteiger partial charge in [-0.25, -0.2) is 0 Å². The number of likely N-dealkylation sites (tertiary alicyclic amines) is 1. The first-order valence-corrected chi connectivity index (χ1v) is 7.43. The summed E-state index contributed by atoms with van der Waals surface area (Å²) in [6, 6.07) is -1.16. The van der Waals surface area contributed by atoms with Crippen LogP contribution in [0.5, 0.6) is 0 Å². The number of hydrogen-bond donors (Lipinski definition) is 1. The van der Waals surface area contributed by atoms with Crippen LogP contribution in [-0.4, -0.2) is 65.6 Å². The van der Waals surface area contributed by atoms with E-state index in [1.807, 2.05) is 0 Å². The predicted octanol–water partition coefficient (Wildman–Crippen LogP) is 0.929. The third-order valence-electron chi connectivity index (χ3n) is 4.44. The molecule has 0 saturated carbocycles. The number of H-pyrrole nitrogens is 1. The average molecular weight is 355 g/mol. The van der Waals surface area contributed by atoms with Crippen molar-refractivity contribution in [3.63, 3.8) is 0 Å². The zero-order chi connectivity index (χ0) is 17.8. The van der Waals surface area contributed by atoms with Gasteiger partial charge in [0.15, 0.2) is 0 Å². The van der Waals surface area contributed by atoms with Gasteiger partial charge in [-0.05, 0) is 18.1 Å². The van der Waals surface area contributed by atoms with E-state index in [4.69, 9.17) is 0 Å². The molecule has 1 atom stereocenters. The van der Waals surface area contributed by atoms with Crippen molar-refractivity contribution in [1.29, 1.82) is 0 Å². The van der Waals surface area contributed by atoms with E-state index in [1.54, 1.807) is 0 Å². The predicted molar refractivity (Wildman–Crippen MR) is 74.1 cm³/mol. The van der Waals surface area contributed by atoms with E-state index < -0.39 is 23.8 Å². The smallest absolute Gasteiger partial charge is 0.329 e. The molecule has 2 aliphatic heterocycles. The van der Waals surface area contributed by atoms with Crippen molar-refractivity contribution in [3.8, 4) is 11.4 Å². The standard InChI is InChI=1S/C12H12F3N9O/c1-23-8(6(5-16-23)9-17-21-22-18-9)10(25)24-4-2-3-7(24)11(19-20-11)12(13,14)15/h5,7H,2-4H2,1H3,(H,17,18,21,22). The highest BCUT2D eigenvalue weighted by atomic mass is 19.4. The van der Waals surface area contributed by atoms with Crippen LogP contribution in [0.15, 0.2) is 16.4 Å². The molecule has 10 nitrogen and oxygen atoms in total. The van der Waals surface area contributed by atoms with E-state index >= 15 is 0 Å². The van der Waals surface area contributed by atoms with Crippen LogP contribution in [-0.2, 0) is 7.05 Å². The summed E-state index contributed by atoms with van der Waals surface area (Å²) in [5, 5.41) is 23.8. The fourth-order valence-electron chi connectivity index (χ4n) is 3.18. The van der Waals surface area contributed by atoms with Crippen LogP contribution in [0.1, 0.15) is 23.3 Å². The van der Waals surface area contributed by atoms with E-state index in [0.29, 0.717) is 6.42 Å². The first kappa shape index (κ1) is 15.7. The van der Waals surface area contributed by atoms with Crippen molar-refractivity contribution in [2.45, 2.75) is 30.7 Å². The van der Waals surface area contributed by atoms with E-state index in [1.165, 1.54) is 17.9 Å². The van der Waals surface area contributed by atoms with Crippen LogP contribution in [0, 0.1) is 0 Å². The van der Waals surface area contributed by atoms with Gasteiger partial charge in [-0.1, -0.05) is 0 Å². The Kier molecular flexibility index (Phi) is 3.17. The van der Waals surface area contributed by atoms with Crippen LogP contribution < -0.4 is 0 Å². The number of amides is 1. The zero-order valence-corrected chi connectivity index (χ0v) is 12.9. The fraction of sp³-hybridized carbons (Fsp3) is 0.583. The van der Waals surface area contributed by atoms with Gasteiger partial charge >= 0.3 is 11.8 Å². The number of alkyl halides is 3. The molecule has 1 amide bonds. The fourth-order valence-corrected chi connectivity index (χ4v) is 3.18. The summed E-state index contributed by atoms with van der Waals surface area (Å²) in [6.07, 6.45) is -2.65. The normalized spacial score (nSPS) is 21.8. The molecule has 25 heavy (non-hydrogen) atoms. The van der Waals surface area contributed by atoms with Crippen LogP contribution >= 0.6 is 0 Å². The third-order valence-corrected chi connectivity index (χ3v) is 4.44. The summed E-state index contributed by atoms with van der Waals surface area (Å²) in [6.45, 7) is 0.184. The molecule has 13 heteroatoms. The summed E-state index contributed by atoms with van der Waals surface area (Å²) in [4.78, 5) is 14.1. The highest BCUT2D eigenvalue weighted by Crippen LogP contribution is 2.51. The number of nitrogens with zero attached hydrogens (tertiary/aromatic N) is 8. The molecule has 2 aromatic rings. The van der Waals surface area contributed by atoms with Crippen LogP contribution in [0.25, 0.3) is 11.4 Å². The Morgan fingerprint density at radius 1 is 1.40 bits per heavy atom. The molecule has 1 unspecified atom stereocenters. The van der Waals surface area contributed by atoms with E-state index in [-0.39, 0.29) is 30.0 Å². The summed E-state index contributed by atoms with van der Waals surface area (Å²) < 4.78 is 41.3. The number of aromatic amines is 1. The Morgan fingerprint density at radius 2 is 2.16 bits per heavy atom. The molecule has 0 bridgehead atoms. The topological polar surface area (TPSA) is 117 Å². The molecule has 4 heterocycles. The molecule has 2 aromatic heterocycles. The molecule has 132 valence electrons. The minimum atomic E-state index is -4.64. The lowest BCUT2D eigenvalue weighted by atomic mass is 10.0. The maximum absolute atomic E-state index is 13.3. The van der Waals surface area contributed by atoms with Crippen LogP contribution in [0.3, 0.4) is 0 Å². The molecule has 2 aliphatic rings. The molecular weight excluding hydrogens is 343 g/mol. The Hall–Kier alpha value is -2.86. The minimum Gasteiger partial charge on any atom is -0.329 e. The number of carbonyl (C=O) groups excluding carboxylic acids is 1. The van der Waals surface area contributed by atoms with Crippen molar-refractivity contribution < 1.29 is 18.0 Å². The summed E-state index contributed by atoms with van der Waals surface area (Å²) in [5.41, 5.74) is -2.13. The van der Waals surface area contributed by atoms with Crippen molar-refractivity contribution in [3.05, 3.63) is 11.9 Å². The number of halogens is 3. The number of carbonyl (C=O) groups is 1. The van der Waals surface area contributed by atoms with Gasteiger partial charge in [0.05, 0.1) is 17.8 Å². The number of nitrogens with one attached hydrogen (secondary N) is 1. The van der Waals surface area contributed by atoms with Crippen molar-refractivity contribution in [1.82, 2.24) is 35.3 Å². The first-order valence-electron chi connectivity index (χ1n) is 7.43. The molecule has 1 N–H and O–H groups in total. The molecule has 1 saturated heterocycles. The Morgan fingerprint density at radius 3 is 2.76 bits per heavy atom. The maximum Gasteiger partial charge on any atom is 0.439 e. The molecule has 0 aliphatic carbocycles. The SMILES string of the molecule is Cn1ncc(-c2nn[nH]n2)c1C(=O)N1CCCC1C1(C(F)(F)F)N=N1. The number of aromatic nitrogens is 6. The molecule has 4 rings (SSSR count). The van der Waals surface area contributed by atoms with E-state index in [2.05, 4.69) is 36.0 Å². The summed E-state index contributed by atoms with van der Waals surface area (Å²) in [5.74, 6) is -0.457. The van der Waals surface area contributed by atoms with Crippen molar-refractivity contribution >= 4 is 5.91 Å². The number of tetrazole rings is 1. The lowest BCUT2D eigenvalue weighted by Crippen LogP contribution is -2.52. The van der Waals surface area contributed by atoms with Crippen molar-refractivity contribution in [2.24, 2.45) is 17.3 Å². The second kappa shape index (κ2) is 5.07. The van der Waals surface area contributed by atoms with Gasteiger partial charge in [-0.2, -0.15) is 23.5 Å². The monoisotopic (exact) mass is 355 g/mol. The van der Waals surface area contributed by atoms with Gasteiger partial charge in [0.2, 0.25) is 5.82 Å². The van der Waals surface area contributed by atoms with Gasteiger partial charge in [-0.15, -0.1) is 20.4 Å². The largest absolute Gasteiger partial charge is 0.439 e. The average Bonchev–Trinajstić information content (AvgIpc) is 2.97. The van der Waals surface area contributed by atoms with Gasteiger partial charge in [-0.3, -0.25) is 9.48 Å². The van der Waals surface area contributed by atoms with Gasteiger partial charge in [0, 0.05) is 13.6 Å². The van der Waals surface area contributed by atoms with Gasteiger partial charge in [0.25, 0.3) is 5.91 Å². The highest BCUT2D eigenvalue weighted by Gasteiger charge is 2.70. The van der Waals surface area contributed by atoms with Gasteiger partial charge in [0.1, 0.15) is 5.69 Å². The molecular formula is C12H12F3N9O. The molecule has 0 aromatic carbocycles. The second-order valence-corrected chi connectivity index (χ2v) is 5.85. The van der Waals surface area contributed by atoms with Gasteiger partial charge < -0.3 is 4.90 Å². The first-order chi connectivity index (χ1) is 11.8. The Balaban J connectivity index is 1.69. The van der Waals surface area contributed by atoms with Crippen molar-refractivity contribution in [2.75, 3.05) is 6.54 Å². The Bertz CT molecular complexity index is 835. The van der Waals surface area contributed by atoms with E-state index in [9.17, 15) is 18.0 Å². The maximum atomic E-state index is 13.3. The number of hydrogen-bond acceptors (Lipinski definition) is 7. The van der Waals surface area contributed by atoms with Crippen LogP contribution in [0.4, 0.5) is 13.2 Å². The molecule has 0 radical (unpaired) electrons. The number of aryl methyl sites for hydroxylation is 1. The lowest BCUT2D eigenvalue weighted by Gasteiger charge is -2.29. The van der Waals surface area contributed by atoms with Crippen LogP contribution in [0.2, 0.25) is 0 Å². The summed E-state index contributed by atoms with van der Waals surface area (Å²) in [7, 11) is 1.52. The highest BCUT2D eigenvalue weighted by molar-refractivity contribution is 5.98. The second-order valence-electron chi connectivity index (χ2n) is 5.85. The quantitative estimate of drug-likeness (QED) is 0.879. The summed E-state index contributed by atoms with van der Waals surface area (Å²) >= 11 is 0. The van der Waals surface area contributed by atoms with E-state index in [0.717, 1.165) is 4.90 Å². The Labute approximate surface area is 138 Å². The lowest BCUT2D eigenvalue weighted by molar-refractivity contribution is -0.175. The third kappa shape index (κ3) is 2.21. The minimum absolute atomic E-state index is 0.0891.